The molecule has 5 nitrogen and oxygen atoms in total. The standard InChI is InChI=1S/C16H28N2O3/c1-6-7-8-17-13(2)11-14-12-20-10-9-18(14)15(19)21-16(3,4)5/h1,13-14,17H,7-12H2,2-5H3. The van der Waals surface area contributed by atoms with Gasteiger partial charge in [0, 0.05) is 25.6 Å². The largest absolute Gasteiger partial charge is 0.444 e. The van der Waals surface area contributed by atoms with Gasteiger partial charge in [0.2, 0.25) is 0 Å². The van der Waals surface area contributed by atoms with E-state index < -0.39 is 5.60 Å². The molecule has 0 spiro atoms. The molecule has 1 amide bonds. The first-order valence-electron chi connectivity index (χ1n) is 7.57. The van der Waals surface area contributed by atoms with Crippen LogP contribution in [0.25, 0.3) is 0 Å². The predicted molar refractivity (Wildman–Crippen MR) is 83.1 cm³/mol. The molecule has 1 rings (SSSR count). The van der Waals surface area contributed by atoms with Crippen LogP contribution in [0.15, 0.2) is 0 Å². The minimum atomic E-state index is -0.476. The fourth-order valence-electron chi connectivity index (χ4n) is 2.29. The molecular weight excluding hydrogens is 268 g/mol. The lowest BCUT2D eigenvalue weighted by atomic mass is 10.1. The van der Waals surface area contributed by atoms with Crippen LogP contribution in [0.1, 0.15) is 40.5 Å². The van der Waals surface area contributed by atoms with Gasteiger partial charge in [-0.1, -0.05) is 0 Å². The van der Waals surface area contributed by atoms with Crippen molar-refractivity contribution in [2.45, 2.75) is 58.2 Å². The van der Waals surface area contributed by atoms with Gasteiger partial charge in [0.1, 0.15) is 5.60 Å². The Morgan fingerprint density at radius 3 is 2.90 bits per heavy atom. The van der Waals surface area contributed by atoms with Gasteiger partial charge in [0.15, 0.2) is 0 Å². The quantitative estimate of drug-likeness (QED) is 0.623. The molecule has 2 atom stereocenters. The minimum absolute atomic E-state index is 0.0435. The lowest BCUT2D eigenvalue weighted by molar-refractivity contribution is -0.0355. The normalized spacial score (nSPS) is 20.7. The maximum atomic E-state index is 12.3. The van der Waals surface area contributed by atoms with Crippen molar-refractivity contribution in [2.75, 3.05) is 26.3 Å². The first-order chi connectivity index (χ1) is 9.83. The fraction of sp³-hybridized carbons (Fsp3) is 0.812. The number of morpholine rings is 1. The molecule has 1 fully saturated rings. The third-order valence-electron chi connectivity index (χ3n) is 3.24. The molecule has 1 aliphatic heterocycles. The smallest absolute Gasteiger partial charge is 0.410 e. The number of hydrogen-bond acceptors (Lipinski definition) is 4. The maximum absolute atomic E-state index is 12.3. The van der Waals surface area contributed by atoms with Gasteiger partial charge in [-0.05, 0) is 34.1 Å². The van der Waals surface area contributed by atoms with Crippen LogP contribution in [0.2, 0.25) is 0 Å². The van der Waals surface area contributed by atoms with Gasteiger partial charge in [-0.3, -0.25) is 0 Å². The number of nitrogens with zero attached hydrogens (tertiary/aromatic N) is 1. The van der Waals surface area contributed by atoms with Crippen LogP contribution in [0, 0.1) is 12.3 Å². The van der Waals surface area contributed by atoms with Gasteiger partial charge in [0.25, 0.3) is 0 Å². The second-order valence-electron chi connectivity index (χ2n) is 6.45. The van der Waals surface area contributed by atoms with Crippen molar-refractivity contribution >= 4 is 6.09 Å². The van der Waals surface area contributed by atoms with Crippen molar-refractivity contribution in [1.82, 2.24) is 10.2 Å². The van der Waals surface area contributed by atoms with Crippen LogP contribution in [0.4, 0.5) is 4.79 Å². The fourth-order valence-corrected chi connectivity index (χ4v) is 2.29. The molecule has 1 heterocycles. The number of amides is 1. The summed E-state index contributed by atoms with van der Waals surface area (Å²) < 4.78 is 11.0. The monoisotopic (exact) mass is 296 g/mol. The highest BCUT2D eigenvalue weighted by Gasteiger charge is 2.31. The van der Waals surface area contributed by atoms with Gasteiger partial charge in [-0.25, -0.2) is 4.79 Å². The van der Waals surface area contributed by atoms with E-state index in [0.717, 1.165) is 13.0 Å². The first-order valence-corrected chi connectivity index (χ1v) is 7.57. The summed E-state index contributed by atoms with van der Waals surface area (Å²) in [6.45, 7) is 10.2. The molecule has 0 aliphatic carbocycles. The predicted octanol–water partition coefficient (Wildman–Crippen LogP) is 2.01. The minimum Gasteiger partial charge on any atom is -0.444 e. The Hall–Kier alpha value is -1.25. The number of carbonyl (C=O) groups excluding carboxylic acids is 1. The Balaban J connectivity index is 2.53. The van der Waals surface area contributed by atoms with Crippen LogP contribution in [0.5, 0.6) is 0 Å². The number of nitrogens with one attached hydrogen (secondary N) is 1. The zero-order valence-electron chi connectivity index (χ0n) is 13.6. The second kappa shape index (κ2) is 8.26. The number of ether oxygens (including phenoxy) is 2. The van der Waals surface area contributed by atoms with Crippen LogP contribution < -0.4 is 5.32 Å². The highest BCUT2D eigenvalue weighted by molar-refractivity contribution is 5.68. The van der Waals surface area contributed by atoms with E-state index in [-0.39, 0.29) is 18.2 Å². The zero-order chi connectivity index (χ0) is 15.9. The molecule has 2 unspecified atom stereocenters. The summed E-state index contributed by atoms with van der Waals surface area (Å²) >= 11 is 0. The average molecular weight is 296 g/mol. The van der Waals surface area contributed by atoms with Crippen molar-refractivity contribution in [3.8, 4) is 12.3 Å². The maximum Gasteiger partial charge on any atom is 0.410 e. The van der Waals surface area contributed by atoms with Crippen molar-refractivity contribution < 1.29 is 14.3 Å². The number of rotatable bonds is 5. The summed E-state index contributed by atoms with van der Waals surface area (Å²) in [6.07, 6.45) is 6.52. The topological polar surface area (TPSA) is 50.8 Å². The molecule has 21 heavy (non-hydrogen) atoms. The van der Waals surface area contributed by atoms with Gasteiger partial charge < -0.3 is 19.7 Å². The third kappa shape index (κ3) is 6.83. The molecule has 1 N–H and O–H groups in total. The lowest BCUT2D eigenvalue weighted by Gasteiger charge is -2.37. The van der Waals surface area contributed by atoms with E-state index in [4.69, 9.17) is 15.9 Å². The Labute approximate surface area is 128 Å². The van der Waals surface area contributed by atoms with E-state index >= 15 is 0 Å². The lowest BCUT2D eigenvalue weighted by Crippen LogP contribution is -2.52. The SMILES string of the molecule is C#CCCNC(C)CC1COCCN1C(=O)OC(C)(C)C. The zero-order valence-corrected chi connectivity index (χ0v) is 13.6. The number of terminal acetylenes is 1. The van der Waals surface area contributed by atoms with Crippen molar-refractivity contribution in [3.05, 3.63) is 0 Å². The summed E-state index contributed by atoms with van der Waals surface area (Å²) in [4.78, 5) is 14.1. The van der Waals surface area contributed by atoms with Crippen LogP contribution in [-0.4, -0.2) is 55.0 Å². The Morgan fingerprint density at radius 1 is 1.57 bits per heavy atom. The molecular formula is C16H28N2O3. The van der Waals surface area contributed by atoms with Gasteiger partial charge in [0.05, 0.1) is 19.3 Å². The van der Waals surface area contributed by atoms with Crippen molar-refractivity contribution in [1.29, 1.82) is 0 Å². The summed E-state index contributed by atoms with van der Waals surface area (Å²) in [7, 11) is 0. The molecule has 0 aromatic heterocycles. The first kappa shape index (κ1) is 17.8. The second-order valence-corrected chi connectivity index (χ2v) is 6.45. The number of carbonyl (C=O) groups is 1. The molecule has 5 heteroatoms. The Morgan fingerprint density at radius 2 is 2.29 bits per heavy atom. The Bertz CT molecular complexity index is 371. The number of hydrogen-bond donors (Lipinski definition) is 1. The molecule has 1 saturated heterocycles. The average Bonchev–Trinajstić information content (AvgIpc) is 2.37. The molecule has 0 saturated carbocycles. The molecule has 1 aliphatic rings. The van der Waals surface area contributed by atoms with Crippen LogP contribution in [0.3, 0.4) is 0 Å². The van der Waals surface area contributed by atoms with Gasteiger partial charge in [-0.2, -0.15) is 0 Å². The van der Waals surface area contributed by atoms with Crippen LogP contribution in [-0.2, 0) is 9.47 Å². The van der Waals surface area contributed by atoms with E-state index in [1.165, 1.54) is 0 Å². The molecule has 0 bridgehead atoms. The van der Waals surface area contributed by atoms with Gasteiger partial charge in [-0.15, -0.1) is 12.3 Å². The highest BCUT2D eigenvalue weighted by atomic mass is 16.6. The van der Waals surface area contributed by atoms with E-state index in [1.807, 2.05) is 20.8 Å². The van der Waals surface area contributed by atoms with Crippen molar-refractivity contribution in [2.24, 2.45) is 0 Å². The molecule has 0 radical (unpaired) electrons. The van der Waals surface area contributed by atoms with E-state index in [1.54, 1.807) is 4.90 Å². The Kier molecular flexibility index (Phi) is 7.00. The summed E-state index contributed by atoms with van der Waals surface area (Å²) in [5, 5.41) is 3.36. The van der Waals surface area contributed by atoms with E-state index in [0.29, 0.717) is 26.2 Å². The highest BCUT2D eigenvalue weighted by Crippen LogP contribution is 2.17. The summed E-state index contributed by atoms with van der Waals surface area (Å²) in [5.74, 6) is 2.61. The summed E-state index contributed by atoms with van der Waals surface area (Å²) in [5.41, 5.74) is -0.476. The third-order valence-corrected chi connectivity index (χ3v) is 3.24. The van der Waals surface area contributed by atoms with Gasteiger partial charge >= 0.3 is 6.09 Å². The molecule has 0 aromatic rings. The molecule has 0 aromatic carbocycles. The van der Waals surface area contributed by atoms with E-state index in [9.17, 15) is 4.79 Å². The van der Waals surface area contributed by atoms with Crippen molar-refractivity contribution in [3.63, 3.8) is 0 Å². The molecule has 120 valence electrons. The van der Waals surface area contributed by atoms with E-state index in [2.05, 4.69) is 18.2 Å². The summed E-state index contributed by atoms with van der Waals surface area (Å²) in [6, 6.07) is 0.317. The van der Waals surface area contributed by atoms with Crippen LogP contribution >= 0.6 is 0 Å².